The molecular formula is C24H21N2O3S+. The summed E-state index contributed by atoms with van der Waals surface area (Å²) in [6.45, 7) is 0.412. The van der Waals surface area contributed by atoms with E-state index in [4.69, 9.17) is 15.3 Å². The van der Waals surface area contributed by atoms with E-state index in [1.54, 1.807) is 11.3 Å². The highest BCUT2D eigenvalue weighted by molar-refractivity contribution is 7.20. The predicted molar refractivity (Wildman–Crippen MR) is 118 cm³/mol. The van der Waals surface area contributed by atoms with Gasteiger partial charge in [0.05, 0.1) is 10.2 Å². The number of carbonyl (C=O) groups is 1. The van der Waals surface area contributed by atoms with Crippen molar-refractivity contribution in [1.29, 1.82) is 0 Å². The van der Waals surface area contributed by atoms with Crippen molar-refractivity contribution in [3.8, 4) is 5.75 Å². The summed E-state index contributed by atoms with van der Waals surface area (Å²) in [5, 5.41) is 16.0. The standard InChI is InChI=1S/C24H20N2O3S/c25-23(24-26-20-6-1-2-7-21(20)30-24)18-5-3-4-17(14-18)15-29-19-11-8-16(9-12-19)10-13-22(27)28/h1-9,11-12,14,25H,10,13,15H2,(H,27,28)/p+1. The number of ether oxygens (including phenoxy) is 1. The van der Waals surface area contributed by atoms with Gasteiger partial charge in [0.2, 0.25) is 5.71 Å². The summed E-state index contributed by atoms with van der Waals surface area (Å²) in [5.41, 5.74) is 4.50. The highest BCUT2D eigenvalue weighted by Crippen LogP contribution is 2.23. The first-order valence-corrected chi connectivity index (χ1v) is 10.4. The van der Waals surface area contributed by atoms with Gasteiger partial charge in [-0.05, 0) is 53.9 Å². The van der Waals surface area contributed by atoms with Crippen molar-refractivity contribution in [3.63, 3.8) is 0 Å². The Labute approximate surface area is 178 Å². The van der Waals surface area contributed by atoms with Gasteiger partial charge in [-0.2, -0.15) is 0 Å². The Morgan fingerprint density at radius 3 is 2.57 bits per heavy atom. The van der Waals surface area contributed by atoms with Crippen LogP contribution in [-0.2, 0) is 17.8 Å². The lowest BCUT2D eigenvalue weighted by molar-refractivity contribution is -0.137. The third kappa shape index (κ3) is 4.72. The van der Waals surface area contributed by atoms with E-state index in [1.165, 1.54) is 0 Å². The molecule has 1 aromatic heterocycles. The molecule has 6 heteroatoms. The highest BCUT2D eigenvalue weighted by atomic mass is 32.1. The molecule has 3 N–H and O–H groups in total. The molecule has 3 aromatic carbocycles. The summed E-state index contributed by atoms with van der Waals surface area (Å²) in [7, 11) is 0. The Morgan fingerprint density at radius 1 is 1.00 bits per heavy atom. The molecule has 0 fully saturated rings. The molecular weight excluding hydrogens is 396 g/mol. The van der Waals surface area contributed by atoms with E-state index in [0.717, 1.165) is 37.7 Å². The van der Waals surface area contributed by atoms with Crippen LogP contribution in [0.5, 0.6) is 5.75 Å². The Kier molecular flexibility index (Phi) is 5.86. The molecule has 30 heavy (non-hydrogen) atoms. The van der Waals surface area contributed by atoms with Crippen LogP contribution in [0.15, 0.2) is 72.8 Å². The monoisotopic (exact) mass is 417 g/mol. The summed E-state index contributed by atoms with van der Waals surface area (Å²) >= 11 is 1.58. The second kappa shape index (κ2) is 8.88. The summed E-state index contributed by atoms with van der Waals surface area (Å²) < 4.78 is 6.99. The van der Waals surface area contributed by atoms with Crippen molar-refractivity contribution in [2.45, 2.75) is 19.4 Å². The number of hydrogen-bond acceptors (Lipinski definition) is 4. The minimum atomic E-state index is -0.794. The molecule has 0 aliphatic rings. The van der Waals surface area contributed by atoms with Gasteiger partial charge in [0.15, 0.2) is 5.01 Å². The molecule has 0 atom stereocenters. The first-order valence-electron chi connectivity index (χ1n) is 9.60. The number of nitrogens with two attached hydrogens (primary N) is 1. The fraction of sp³-hybridized carbons (Fsp3) is 0.125. The van der Waals surface area contributed by atoms with Gasteiger partial charge in [0.1, 0.15) is 12.4 Å². The van der Waals surface area contributed by atoms with Crippen molar-refractivity contribution < 1.29 is 20.0 Å². The second-order valence-corrected chi connectivity index (χ2v) is 7.96. The molecule has 0 radical (unpaired) electrons. The van der Waals surface area contributed by atoms with E-state index in [9.17, 15) is 4.79 Å². The quantitative estimate of drug-likeness (QED) is 0.430. The number of aromatic nitrogens is 1. The number of hydrogen-bond donors (Lipinski definition) is 2. The smallest absolute Gasteiger partial charge is 0.303 e. The van der Waals surface area contributed by atoms with Gasteiger partial charge in [-0.25, -0.2) is 4.98 Å². The molecule has 0 amide bonds. The number of nitrogens with zero attached hydrogens (tertiary/aromatic N) is 1. The van der Waals surface area contributed by atoms with Crippen LogP contribution in [0.25, 0.3) is 10.2 Å². The van der Waals surface area contributed by atoms with Gasteiger partial charge in [-0.15, -0.1) is 11.3 Å². The molecule has 0 spiro atoms. The third-order valence-corrected chi connectivity index (χ3v) is 5.79. The summed E-state index contributed by atoms with van der Waals surface area (Å²) in [4.78, 5) is 15.3. The lowest BCUT2D eigenvalue weighted by Crippen LogP contribution is -2.41. The van der Waals surface area contributed by atoms with Gasteiger partial charge >= 0.3 is 5.97 Å². The molecule has 0 aliphatic carbocycles. The van der Waals surface area contributed by atoms with E-state index in [0.29, 0.717) is 18.7 Å². The van der Waals surface area contributed by atoms with Gasteiger partial charge in [0.25, 0.3) is 0 Å². The number of benzene rings is 3. The summed E-state index contributed by atoms with van der Waals surface area (Å²) in [6, 6.07) is 23.5. The molecule has 0 bridgehead atoms. The summed E-state index contributed by atoms with van der Waals surface area (Å²) in [6.07, 6.45) is 0.637. The minimum absolute atomic E-state index is 0.125. The SMILES string of the molecule is [NH2+]=C(c1cccc(COc2ccc(CCC(=O)O)cc2)c1)c1nc2ccccc2s1. The van der Waals surface area contributed by atoms with Gasteiger partial charge < -0.3 is 9.84 Å². The molecule has 0 aliphatic heterocycles. The van der Waals surface area contributed by atoms with E-state index in [-0.39, 0.29) is 6.42 Å². The topological polar surface area (TPSA) is 85.0 Å². The maximum absolute atomic E-state index is 10.7. The van der Waals surface area contributed by atoms with E-state index in [2.05, 4.69) is 4.98 Å². The first-order chi connectivity index (χ1) is 14.6. The number of aryl methyl sites for hydroxylation is 1. The van der Waals surface area contributed by atoms with Crippen LogP contribution in [0.3, 0.4) is 0 Å². The molecule has 150 valence electrons. The molecule has 0 saturated carbocycles. The van der Waals surface area contributed by atoms with Gasteiger partial charge in [-0.1, -0.05) is 36.4 Å². The van der Waals surface area contributed by atoms with Crippen LogP contribution in [-0.4, -0.2) is 21.8 Å². The number of rotatable bonds is 8. The van der Waals surface area contributed by atoms with Crippen molar-refractivity contribution in [1.82, 2.24) is 4.98 Å². The highest BCUT2D eigenvalue weighted by Gasteiger charge is 2.16. The number of carboxylic acid groups (broad SMARTS) is 1. The van der Waals surface area contributed by atoms with Crippen LogP contribution in [0.4, 0.5) is 0 Å². The lowest BCUT2D eigenvalue weighted by atomic mass is 10.1. The molecule has 0 unspecified atom stereocenters. The molecule has 4 rings (SSSR count). The average Bonchev–Trinajstić information content (AvgIpc) is 3.21. The van der Waals surface area contributed by atoms with Crippen LogP contribution in [0.1, 0.15) is 28.1 Å². The van der Waals surface area contributed by atoms with Crippen LogP contribution >= 0.6 is 11.3 Å². The fourth-order valence-electron chi connectivity index (χ4n) is 3.11. The Hall–Kier alpha value is -3.51. The maximum Gasteiger partial charge on any atom is 0.303 e. The number of aliphatic carboxylic acids is 1. The number of para-hydroxylation sites is 1. The van der Waals surface area contributed by atoms with E-state index < -0.39 is 5.97 Å². The third-order valence-electron chi connectivity index (χ3n) is 4.72. The zero-order valence-corrected chi connectivity index (χ0v) is 17.1. The number of carboxylic acids is 1. The van der Waals surface area contributed by atoms with Crippen molar-refractivity contribution in [2.75, 3.05) is 0 Å². The second-order valence-electron chi connectivity index (χ2n) is 6.93. The number of fused-ring (bicyclic) bond motifs is 1. The molecule has 0 saturated heterocycles. The predicted octanol–water partition coefficient (Wildman–Crippen LogP) is 3.49. The Bertz CT molecular complexity index is 1170. The maximum atomic E-state index is 10.7. The Balaban J connectivity index is 1.42. The molecule has 4 aromatic rings. The average molecular weight is 418 g/mol. The lowest BCUT2D eigenvalue weighted by Gasteiger charge is -2.08. The largest absolute Gasteiger partial charge is 0.489 e. The first kappa shape index (κ1) is 19.8. The van der Waals surface area contributed by atoms with Crippen LogP contribution < -0.4 is 10.1 Å². The summed E-state index contributed by atoms with van der Waals surface area (Å²) in [5.74, 6) is -0.0558. The van der Waals surface area contributed by atoms with Crippen molar-refractivity contribution in [2.24, 2.45) is 0 Å². The van der Waals surface area contributed by atoms with Crippen LogP contribution in [0.2, 0.25) is 0 Å². The van der Waals surface area contributed by atoms with Crippen LogP contribution in [0, 0.1) is 0 Å². The minimum Gasteiger partial charge on any atom is -0.489 e. The zero-order valence-electron chi connectivity index (χ0n) is 16.2. The normalized spacial score (nSPS) is 10.8. The van der Waals surface area contributed by atoms with E-state index >= 15 is 0 Å². The number of thiazole rings is 1. The van der Waals surface area contributed by atoms with Gasteiger partial charge in [0, 0.05) is 12.0 Å². The fourth-order valence-corrected chi connectivity index (χ4v) is 4.05. The molecule has 1 heterocycles. The molecule has 5 nitrogen and oxygen atoms in total. The van der Waals surface area contributed by atoms with E-state index in [1.807, 2.05) is 72.8 Å². The van der Waals surface area contributed by atoms with Crippen molar-refractivity contribution >= 4 is 33.2 Å². The van der Waals surface area contributed by atoms with Crippen molar-refractivity contribution in [3.05, 3.63) is 94.5 Å². The van der Waals surface area contributed by atoms with Gasteiger partial charge in [-0.3, -0.25) is 10.2 Å². The zero-order chi connectivity index (χ0) is 20.9. The Morgan fingerprint density at radius 2 is 1.80 bits per heavy atom.